The molecular formula is C14H6ClF3OS. The Morgan fingerprint density at radius 1 is 1.10 bits per heavy atom. The number of benzene rings is 2. The van der Waals surface area contributed by atoms with Crippen molar-refractivity contribution in [3.63, 3.8) is 0 Å². The van der Waals surface area contributed by atoms with Crippen LogP contribution in [0.15, 0.2) is 23.0 Å². The van der Waals surface area contributed by atoms with Gasteiger partial charge in [-0.2, -0.15) is 0 Å². The summed E-state index contributed by atoms with van der Waals surface area (Å²) in [6.07, 6.45) is 0. The van der Waals surface area contributed by atoms with Gasteiger partial charge >= 0.3 is 0 Å². The van der Waals surface area contributed by atoms with Gasteiger partial charge in [0.1, 0.15) is 5.02 Å². The van der Waals surface area contributed by atoms with Gasteiger partial charge < -0.3 is 0 Å². The van der Waals surface area contributed by atoms with Crippen molar-refractivity contribution in [1.29, 1.82) is 0 Å². The minimum absolute atomic E-state index is 0.267. The van der Waals surface area contributed by atoms with E-state index in [1.165, 1.54) is 0 Å². The predicted molar refractivity (Wildman–Crippen MR) is 75.2 cm³/mol. The van der Waals surface area contributed by atoms with E-state index in [1.807, 2.05) is 0 Å². The Hall–Kier alpha value is -1.59. The van der Waals surface area contributed by atoms with E-state index >= 15 is 0 Å². The number of hydrogen-bond donors (Lipinski definition) is 0. The average molecular weight is 315 g/mol. The first-order chi connectivity index (χ1) is 9.41. The third-order valence-electron chi connectivity index (χ3n) is 3.04. The van der Waals surface area contributed by atoms with Gasteiger partial charge in [0, 0.05) is 10.1 Å². The maximum absolute atomic E-state index is 14.0. The van der Waals surface area contributed by atoms with Gasteiger partial charge in [0.05, 0.1) is 10.1 Å². The highest BCUT2D eigenvalue weighted by Gasteiger charge is 2.22. The molecule has 102 valence electrons. The minimum Gasteiger partial charge on any atom is -0.288 e. The second-order valence-corrected chi connectivity index (χ2v) is 5.82. The highest BCUT2D eigenvalue weighted by atomic mass is 35.5. The summed E-state index contributed by atoms with van der Waals surface area (Å²) in [7, 11) is 0. The largest absolute Gasteiger partial charge is 0.288 e. The topological polar surface area (TPSA) is 17.1 Å². The second-order valence-electron chi connectivity index (χ2n) is 4.39. The maximum atomic E-state index is 14.0. The number of hydrogen-bond acceptors (Lipinski definition) is 2. The van der Waals surface area contributed by atoms with Crippen molar-refractivity contribution >= 4 is 43.1 Å². The Kier molecular flexibility index (Phi) is 2.99. The van der Waals surface area contributed by atoms with E-state index in [0.29, 0.717) is 4.70 Å². The monoisotopic (exact) mass is 314 g/mol. The van der Waals surface area contributed by atoms with Crippen molar-refractivity contribution in [2.24, 2.45) is 0 Å². The highest BCUT2D eigenvalue weighted by molar-refractivity contribution is 7.24. The number of rotatable bonds is 0. The van der Waals surface area contributed by atoms with Crippen LogP contribution in [0.5, 0.6) is 0 Å². The van der Waals surface area contributed by atoms with Crippen LogP contribution in [0.3, 0.4) is 0 Å². The molecule has 0 atom stereocenters. The van der Waals surface area contributed by atoms with Crippen LogP contribution in [-0.2, 0) is 0 Å². The molecule has 20 heavy (non-hydrogen) atoms. The molecule has 1 heterocycles. The molecule has 0 fully saturated rings. The quantitative estimate of drug-likeness (QED) is 0.331. The first kappa shape index (κ1) is 13.4. The van der Waals surface area contributed by atoms with Gasteiger partial charge in [-0.3, -0.25) is 4.79 Å². The van der Waals surface area contributed by atoms with Gasteiger partial charge in [-0.15, -0.1) is 11.3 Å². The van der Waals surface area contributed by atoms with Crippen LogP contribution in [0, 0.1) is 24.4 Å². The van der Waals surface area contributed by atoms with Crippen LogP contribution in [-0.4, -0.2) is 0 Å². The fourth-order valence-electron chi connectivity index (χ4n) is 2.07. The summed E-state index contributed by atoms with van der Waals surface area (Å²) in [4.78, 5) is 12.3. The summed E-state index contributed by atoms with van der Waals surface area (Å²) >= 11 is 6.22. The molecular weight excluding hydrogens is 309 g/mol. The molecule has 0 spiro atoms. The van der Waals surface area contributed by atoms with Crippen LogP contribution >= 0.6 is 22.9 Å². The number of halogens is 4. The molecule has 0 N–H and O–H groups in total. The van der Waals surface area contributed by atoms with Gasteiger partial charge in [-0.1, -0.05) is 23.2 Å². The smallest absolute Gasteiger partial charge is 0.199 e. The molecule has 3 aromatic rings. The lowest BCUT2D eigenvalue weighted by Gasteiger charge is -2.06. The van der Waals surface area contributed by atoms with Crippen LogP contribution in [0.4, 0.5) is 13.2 Å². The molecule has 3 rings (SSSR count). The van der Waals surface area contributed by atoms with E-state index < -0.39 is 33.3 Å². The number of aryl methyl sites for hydroxylation is 1. The molecule has 0 unspecified atom stereocenters. The fourth-order valence-corrected chi connectivity index (χ4v) is 3.32. The molecule has 1 aromatic heterocycles. The summed E-state index contributed by atoms with van der Waals surface area (Å²) in [5.41, 5.74) is 0.131. The van der Waals surface area contributed by atoms with Crippen LogP contribution in [0.1, 0.15) is 5.56 Å². The molecule has 6 heteroatoms. The fraction of sp³-hybridized carbons (Fsp3) is 0.0714. The average Bonchev–Trinajstić information content (AvgIpc) is 2.43. The number of fused-ring (bicyclic) bond motifs is 2. The SMILES string of the molecule is Cc1ccc2sc3c(F)c(F)c(Cl)c(F)c3c(=O)c2c1. The van der Waals surface area contributed by atoms with E-state index in [-0.39, 0.29) is 10.1 Å². The third kappa shape index (κ3) is 1.73. The highest BCUT2D eigenvalue weighted by Crippen LogP contribution is 2.34. The lowest BCUT2D eigenvalue weighted by molar-refractivity contribution is 0.507. The van der Waals surface area contributed by atoms with Crippen LogP contribution in [0.25, 0.3) is 20.2 Å². The Morgan fingerprint density at radius 3 is 2.50 bits per heavy atom. The molecule has 0 radical (unpaired) electrons. The molecule has 0 saturated carbocycles. The zero-order chi connectivity index (χ0) is 14.6. The van der Waals surface area contributed by atoms with E-state index in [2.05, 4.69) is 0 Å². The lowest BCUT2D eigenvalue weighted by Crippen LogP contribution is -2.06. The summed E-state index contributed by atoms with van der Waals surface area (Å²) in [5.74, 6) is -3.99. The van der Waals surface area contributed by atoms with Gasteiger partial charge in [-0.05, 0) is 19.1 Å². The summed E-state index contributed by atoms with van der Waals surface area (Å²) < 4.78 is 41.5. The Morgan fingerprint density at radius 2 is 1.80 bits per heavy atom. The molecule has 2 aromatic carbocycles. The van der Waals surface area contributed by atoms with Crippen molar-refractivity contribution in [3.05, 3.63) is 56.5 Å². The molecule has 0 aliphatic heterocycles. The lowest BCUT2D eigenvalue weighted by atomic mass is 10.1. The first-order valence-corrected chi connectivity index (χ1v) is 6.80. The normalized spacial score (nSPS) is 11.4. The van der Waals surface area contributed by atoms with E-state index in [1.54, 1.807) is 25.1 Å². The molecule has 0 aliphatic rings. The van der Waals surface area contributed by atoms with Crippen molar-refractivity contribution in [2.45, 2.75) is 6.92 Å². The van der Waals surface area contributed by atoms with E-state index in [4.69, 9.17) is 11.6 Å². The van der Waals surface area contributed by atoms with Crippen molar-refractivity contribution in [1.82, 2.24) is 0 Å². The Labute approximate surface area is 120 Å². The Balaban J connectivity index is 2.68. The van der Waals surface area contributed by atoms with Crippen molar-refractivity contribution in [2.75, 3.05) is 0 Å². The van der Waals surface area contributed by atoms with Crippen LogP contribution < -0.4 is 5.43 Å². The molecule has 0 aliphatic carbocycles. The maximum Gasteiger partial charge on any atom is 0.199 e. The summed E-state index contributed by atoms with van der Waals surface area (Å²) in [6, 6.07) is 4.95. The first-order valence-electron chi connectivity index (χ1n) is 5.61. The molecule has 0 bridgehead atoms. The third-order valence-corrected chi connectivity index (χ3v) is 4.54. The van der Waals surface area contributed by atoms with Gasteiger partial charge in [-0.25, -0.2) is 13.2 Å². The zero-order valence-electron chi connectivity index (χ0n) is 10.1. The summed E-state index contributed by atoms with van der Waals surface area (Å²) in [5, 5.41) is -1.23. The second kappa shape index (κ2) is 4.46. The van der Waals surface area contributed by atoms with Crippen molar-refractivity contribution < 1.29 is 13.2 Å². The minimum atomic E-state index is -1.47. The van der Waals surface area contributed by atoms with E-state index in [0.717, 1.165) is 16.9 Å². The van der Waals surface area contributed by atoms with E-state index in [9.17, 15) is 18.0 Å². The summed E-state index contributed by atoms with van der Waals surface area (Å²) in [6.45, 7) is 1.78. The van der Waals surface area contributed by atoms with Gasteiger partial charge in [0.2, 0.25) is 0 Å². The standard InChI is InChI=1S/C14H6ClF3OS/c1-5-2-3-7-6(4-5)13(19)8-10(16)9(15)11(17)12(18)14(8)20-7/h2-4H,1H3. The molecule has 0 amide bonds. The zero-order valence-corrected chi connectivity index (χ0v) is 11.6. The Bertz CT molecular complexity index is 933. The van der Waals surface area contributed by atoms with Gasteiger partial charge in [0.25, 0.3) is 0 Å². The van der Waals surface area contributed by atoms with Crippen molar-refractivity contribution in [3.8, 4) is 0 Å². The van der Waals surface area contributed by atoms with Crippen LogP contribution in [0.2, 0.25) is 5.02 Å². The van der Waals surface area contributed by atoms with Gasteiger partial charge in [0.15, 0.2) is 22.9 Å². The molecule has 1 nitrogen and oxygen atoms in total. The predicted octanol–water partition coefficient (Wildman–Crippen LogP) is 4.79. The molecule has 0 saturated heterocycles.